The number of carboxylic acid groups (broad SMARTS) is 1. The van der Waals surface area contributed by atoms with Crippen LogP contribution in [0.2, 0.25) is 0 Å². The molecule has 1 N–H and O–H groups in total. The van der Waals surface area contributed by atoms with E-state index in [1.54, 1.807) is 0 Å². The van der Waals surface area contributed by atoms with Gasteiger partial charge in [-0.2, -0.15) is 0 Å². The van der Waals surface area contributed by atoms with Crippen LogP contribution in [0.25, 0.3) is 0 Å². The molecular formula is C14H20FN3O2. The zero-order valence-corrected chi connectivity index (χ0v) is 11.8. The van der Waals surface area contributed by atoms with Crippen molar-refractivity contribution in [3.8, 4) is 0 Å². The van der Waals surface area contributed by atoms with E-state index in [0.717, 1.165) is 19.5 Å². The average Bonchev–Trinajstić information content (AvgIpc) is 2.46. The van der Waals surface area contributed by atoms with E-state index in [1.165, 1.54) is 12.3 Å². The van der Waals surface area contributed by atoms with E-state index in [-0.39, 0.29) is 11.4 Å². The molecule has 0 bridgehead atoms. The molecule has 1 unspecified atom stereocenters. The molecule has 1 aromatic heterocycles. The first-order valence-electron chi connectivity index (χ1n) is 6.91. The van der Waals surface area contributed by atoms with Gasteiger partial charge in [-0.3, -0.25) is 4.90 Å². The van der Waals surface area contributed by atoms with E-state index >= 15 is 0 Å². The Morgan fingerprint density at radius 2 is 2.10 bits per heavy atom. The number of pyridine rings is 1. The highest BCUT2D eigenvalue weighted by Gasteiger charge is 2.24. The van der Waals surface area contributed by atoms with E-state index in [2.05, 4.69) is 23.7 Å². The number of aromatic carboxylic acids is 1. The molecule has 1 saturated heterocycles. The maximum Gasteiger partial charge on any atom is 0.338 e. The van der Waals surface area contributed by atoms with Crippen LogP contribution in [0, 0.1) is 5.82 Å². The summed E-state index contributed by atoms with van der Waals surface area (Å²) >= 11 is 0. The number of carboxylic acids is 1. The van der Waals surface area contributed by atoms with Gasteiger partial charge in [0.1, 0.15) is 5.56 Å². The van der Waals surface area contributed by atoms with Crippen molar-refractivity contribution in [2.75, 3.05) is 31.1 Å². The maximum atomic E-state index is 14.1. The van der Waals surface area contributed by atoms with Crippen LogP contribution >= 0.6 is 0 Å². The zero-order valence-electron chi connectivity index (χ0n) is 11.8. The Kier molecular flexibility index (Phi) is 4.54. The molecule has 1 aliphatic rings. The molecular weight excluding hydrogens is 261 g/mol. The van der Waals surface area contributed by atoms with Gasteiger partial charge in [-0.15, -0.1) is 0 Å². The summed E-state index contributed by atoms with van der Waals surface area (Å²) in [7, 11) is 0. The fourth-order valence-electron chi connectivity index (χ4n) is 2.45. The van der Waals surface area contributed by atoms with Gasteiger partial charge in [-0.05, 0) is 19.4 Å². The number of carbonyl (C=O) groups is 1. The van der Waals surface area contributed by atoms with E-state index in [9.17, 15) is 9.18 Å². The molecule has 20 heavy (non-hydrogen) atoms. The SMILES string of the molecule is CCC(C)N1CCN(c2nccc(C(=O)O)c2F)CC1. The van der Waals surface area contributed by atoms with Gasteiger partial charge in [-0.25, -0.2) is 14.2 Å². The predicted octanol–water partition coefficient (Wildman–Crippen LogP) is 1.84. The van der Waals surface area contributed by atoms with Gasteiger partial charge >= 0.3 is 5.97 Å². The van der Waals surface area contributed by atoms with Crippen molar-refractivity contribution < 1.29 is 14.3 Å². The van der Waals surface area contributed by atoms with Crippen LogP contribution in [0.15, 0.2) is 12.3 Å². The molecule has 1 fully saturated rings. The number of aromatic nitrogens is 1. The Morgan fingerprint density at radius 3 is 2.65 bits per heavy atom. The van der Waals surface area contributed by atoms with Crippen LogP contribution in [0.5, 0.6) is 0 Å². The first-order chi connectivity index (χ1) is 9.54. The van der Waals surface area contributed by atoms with E-state index < -0.39 is 11.8 Å². The van der Waals surface area contributed by atoms with E-state index in [1.807, 2.05) is 4.90 Å². The summed E-state index contributed by atoms with van der Waals surface area (Å²) in [5.74, 6) is -1.85. The third kappa shape index (κ3) is 2.90. The monoisotopic (exact) mass is 281 g/mol. The summed E-state index contributed by atoms with van der Waals surface area (Å²) in [5, 5.41) is 8.94. The number of hydrogen-bond donors (Lipinski definition) is 1. The van der Waals surface area contributed by atoms with Gasteiger partial charge in [0.05, 0.1) is 0 Å². The van der Waals surface area contributed by atoms with Crippen LogP contribution in [0.4, 0.5) is 10.2 Å². The average molecular weight is 281 g/mol. The van der Waals surface area contributed by atoms with E-state index in [4.69, 9.17) is 5.11 Å². The fraction of sp³-hybridized carbons (Fsp3) is 0.571. The van der Waals surface area contributed by atoms with Gasteiger partial charge in [0, 0.05) is 38.4 Å². The molecule has 6 heteroatoms. The van der Waals surface area contributed by atoms with Crippen LogP contribution < -0.4 is 4.90 Å². The van der Waals surface area contributed by atoms with Gasteiger partial charge in [0.2, 0.25) is 0 Å². The lowest BCUT2D eigenvalue weighted by Crippen LogP contribution is -2.50. The van der Waals surface area contributed by atoms with Gasteiger partial charge in [-0.1, -0.05) is 6.92 Å². The minimum absolute atomic E-state index is 0.147. The molecule has 0 aliphatic carbocycles. The second kappa shape index (κ2) is 6.17. The van der Waals surface area contributed by atoms with Crippen molar-refractivity contribution in [2.45, 2.75) is 26.3 Å². The van der Waals surface area contributed by atoms with Gasteiger partial charge in [0.15, 0.2) is 11.6 Å². The number of nitrogens with zero attached hydrogens (tertiary/aromatic N) is 3. The molecule has 1 aliphatic heterocycles. The van der Waals surface area contributed by atoms with Crippen LogP contribution in [-0.4, -0.2) is 53.2 Å². The molecule has 2 rings (SSSR count). The fourth-order valence-corrected chi connectivity index (χ4v) is 2.45. The summed E-state index contributed by atoms with van der Waals surface area (Å²) in [4.78, 5) is 19.1. The summed E-state index contributed by atoms with van der Waals surface area (Å²) in [6, 6.07) is 1.71. The summed E-state index contributed by atoms with van der Waals surface area (Å²) in [5.41, 5.74) is -0.320. The molecule has 0 radical (unpaired) electrons. The Bertz CT molecular complexity index is 487. The molecule has 0 aromatic carbocycles. The minimum atomic E-state index is -1.26. The van der Waals surface area contributed by atoms with Crippen molar-refractivity contribution in [2.24, 2.45) is 0 Å². The van der Waals surface area contributed by atoms with Crippen LogP contribution in [0.3, 0.4) is 0 Å². The molecule has 0 saturated carbocycles. The van der Waals surface area contributed by atoms with Crippen molar-refractivity contribution in [3.63, 3.8) is 0 Å². The Morgan fingerprint density at radius 1 is 1.45 bits per heavy atom. The van der Waals surface area contributed by atoms with Crippen molar-refractivity contribution in [1.29, 1.82) is 0 Å². The Balaban J connectivity index is 2.11. The lowest BCUT2D eigenvalue weighted by Gasteiger charge is -2.38. The number of hydrogen-bond acceptors (Lipinski definition) is 4. The molecule has 110 valence electrons. The topological polar surface area (TPSA) is 56.7 Å². The smallest absolute Gasteiger partial charge is 0.338 e. The van der Waals surface area contributed by atoms with E-state index in [0.29, 0.717) is 19.1 Å². The molecule has 1 aromatic rings. The first-order valence-corrected chi connectivity index (χ1v) is 6.91. The molecule has 0 spiro atoms. The minimum Gasteiger partial charge on any atom is -0.478 e. The third-order valence-corrected chi connectivity index (χ3v) is 3.93. The summed E-state index contributed by atoms with van der Waals surface area (Å²) in [6.07, 6.45) is 2.43. The number of piperazine rings is 1. The molecule has 5 nitrogen and oxygen atoms in total. The Hall–Kier alpha value is -1.69. The third-order valence-electron chi connectivity index (χ3n) is 3.93. The first kappa shape index (κ1) is 14.7. The lowest BCUT2D eigenvalue weighted by atomic mass is 10.2. The second-order valence-electron chi connectivity index (χ2n) is 5.08. The predicted molar refractivity (Wildman–Crippen MR) is 74.7 cm³/mol. The number of rotatable bonds is 4. The highest BCUT2D eigenvalue weighted by Crippen LogP contribution is 2.21. The molecule has 0 amide bonds. The summed E-state index contributed by atoms with van der Waals surface area (Å²) < 4.78 is 14.1. The molecule has 2 heterocycles. The summed E-state index contributed by atoms with van der Waals surface area (Å²) in [6.45, 7) is 7.34. The van der Waals surface area contributed by atoms with Gasteiger partial charge in [0.25, 0.3) is 0 Å². The van der Waals surface area contributed by atoms with Crippen LogP contribution in [-0.2, 0) is 0 Å². The maximum absolute atomic E-state index is 14.1. The highest BCUT2D eigenvalue weighted by atomic mass is 19.1. The Labute approximate surface area is 118 Å². The van der Waals surface area contributed by atoms with Crippen molar-refractivity contribution in [3.05, 3.63) is 23.6 Å². The largest absolute Gasteiger partial charge is 0.478 e. The zero-order chi connectivity index (χ0) is 14.7. The van der Waals surface area contributed by atoms with Crippen molar-refractivity contribution >= 4 is 11.8 Å². The van der Waals surface area contributed by atoms with Crippen LogP contribution in [0.1, 0.15) is 30.6 Å². The lowest BCUT2D eigenvalue weighted by molar-refractivity contribution is 0.0691. The number of halogens is 1. The quantitative estimate of drug-likeness (QED) is 0.912. The van der Waals surface area contributed by atoms with Crippen molar-refractivity contribution in [1.82, 2.24) is 9.88 Å². The highest BCUT2D eigenvalue weighted by molar-refractivity contribution is 5.88. The van der Waals surface area contributed by atoms with Gasteiger partial charge < -0.3 is 10.0 Å². The number of anilines is 1. The second-order valence-corrected chi connectivity index (χ2v) is 5.08. The molecule has 1 atom stereocenters. The standard InChI is InChI=1S/C14H20FN3O2/c1-3-10(2)17-6-8-18(9-7-17)13-12(15)11(14(19)20)4-5-16-13/h4-5,10H,3,6-9H2,1-2H3,(H,19,20). The normalized spacial score (nSPS) is 18.1.